The zero-order chi connectivity index (χ0) is 22.0. The van der Waals surface area contributed by atoms with E-state index in [0.29, 0.717) is 11.8 Å². The smallest absolute Gasteiger partial charge is 0.428 e. The van der Waals surface area contributed by atoms with Gasteiger partial charge in [-0.25, -0.2) is 0 Å². The Hall–Kier alpha value is -1.46. The summed E-state index contributed by atoms with van der Waals surface area (Å²) in [6.45, 7) is 20.5. The molecule has 0 rings (SSSR count). The fourth-order valence-corrected chi connectivity index (χ4v) is 3.90. The van der Waals surface area contributed by atoms with Gasteiger partial charge in [0.1, 0.15) is 12.2 Å². The van der Waals surface area contributed by atoms with E-state index in [0.717, 1.165) is 12.8 Å². The fourth-order valence-electron chi connectivity index (χ4n) is 3.90. The highest BCUT2D eigenvalue weighted by atomic mass is 17.3. The Morgan fingerprint density at radius 2 is 0.857 bits per heavy atom. The highest BCUT2D eigenvalue weighted by molar-refractivity contribution is 5.63. The molecule has 0 aliphatic heterocycles. The minimum absolute atomic E-state index is 0.121. The van der Waals surface area contributed by atoms with Crippen molar-refractivity contribution in [2.45, 2.75) is 94.3 Å². The molecule has 0 saturated heterocycles. The number of ether oxygens (including phenoxy) is 2. The van der Waals surface area contributed by atoms with Crippen LogP contribution in [0.5, 0.6) is 0 Å². The van der Waals surface area contributed by atoms with Crippen molar-refractivity contribution in [3.63, 3.8) is 0 Å². The normalized spacial score (nSPS) is 16.1. The number of hydrogen-bond acceptors (Lipinski definition) is 6. The van der Waals surface area contributed by atoms with Crippen LogP contribution in [0.15, 0.2) is 0 Å². The van der Waals surface area contributed by atoms with Crippen molar-refractivity contribution >= 4 is 12.3 Å². The predicted molar refractivity (Wildman–Crippen MR) is 110 cm³/mol. The maximum absolute atomic E-state index is 12.0. The van der Waals surface area contributed by atoms with Crippen LogP contribution >= 0.6 is 0 Å². The van der Waals surface area contributed by atoms with Crippen molar-refractivity contribution in [2.24, 2.45) is 35.5 Å². The van der Waals surface area contributed by atoms with Gasteiger partial charge in [-0.05, 0) is 48.3 Å². The third-order valence-electron chi connectivity index (χ3n) is 4.76. The van der Waals surface area contributed by atoms with E-state index in [9.17, 15) is 9.59 Å². The Morgan fingerprint density at radius 1 is 0.571 bits per heavy atom. The molecule has 0 N–H and O–H groups in total. The third-order valence-corrected chi connectivity index (χ3v) is 4.76. The summed E-state index contributed by atoms with van der Waals surface area (Å²) in [4.78, 5) is 33.0. The topological polar surface area (TPSA) is 71.1 Å². The largest absolute Gasteiger partial charge is 0.550 e. The van der Waals surface area contributed by atoms with Crippen LogP contribution < -0.4 is 0 Å². The Bertz CT molecular complexity index is 416. The van der Waals surface area contributed by atoms with Gasteiger partial charge in [0.25, 0.3) is 0 Å². The van der Waals surface area contributed by atoms with Crippen LogP contribution in [0.1, 0.15) is 82.1 Å². The minimum Gasteiger partial charge on any atom is -0.428 e. The SMILES string of the molecule is CC(C)CC(C)C(OC(=O)OOC(=O)OC(C(C)C)C(C)CC(C)C)C(C)C. The zero-order valence-electron chi connectivity index (χ0n) is 19.5. The van der Waals surface area contributed by atoms with E-state index >= 15 is 0 Å². The van der Waals surface area contributed by atoms with E-state index in [2.05, 4.69) is 37.5 Å². The molecule has 6 nitrogen and oxygen atoms in total. The lowest BCUT2D eigenvalue weighted by molar-refractivity contribution is -0.230. The first-order chi connectivity index (χ1) is 12.8. The van der Waals surface area contributed by atoms with E-state index in [-0.39, 0.29) is 35.9 Å². The van der Waals surface area contributed by atoms with E-state index in [1.807, 2.05) is 41.5 Å². The highest BCUT2D eigenvalue weighted by Gasteiger charge is 2.29. The Labute approximate surface area is 171 Å². The average molecular weight is 403 g/mol. The van der Waals surface area contributed by atoms with Crippen molar-refractivity contribution in [1.82, 2.24) is 0 Å². The first kappa shape index (κ1) is 26.5. The van der Waals surface area contributed by atoms with Gasteiger partial charge in [-0.1, -0.05) is 69.2 Å². The first-order valence-electron chi connectivity index (χ1n) is 10.6. The van der Waals surface area contributed by atoms with Crippen molar-refractivity contribution in [2.75, 3.05) is 0 Å². The maximum Gasteiger partial charge on any atom is 0.550 e. The van der Waals surface area contributed by atoms with Gasteiger partial charge in [-0.15, -0.1) is 0 Å². The maximum atomic E-state index is 12.0. The van der Waals surface area contributed by atoms with Gasteiger partial charge in [-0.2, -0.15) is 19.4 Å². The highest BCUT2D eigenvalue weighted by Crippen LogP contribution is 2.25. The predicted octanol–water partition coefficient (Wildman–Crippen LogP) is 6.62. The van der Waals surface area contributed by atoms with Crippen LogP contribution in [0.2, 0.25) is 0 Å². The van der Waals surface area contributed by atoms with Crippen LogP contribution in [0.3, 0.4) is 0 Å². The van der Waals surface area contributed by atoms with Gasteiger partial charge in [0.15, 0.2) is 0 Å². The summed E-state index contributed by atoms with van der Waals surface area (Å²) in [6.07, 6.45) is -0.843. The second kappa shape index (κ2) is 12.9. The molecule has 0 aromatic carbocycles. The lowest BCUT2D eigenvalue weighted by Gasteiger charge is -2.28. The Kier molecular flexibility index (Phi) is 12.2. The van der Waals surface area contributed by atoms with Gasteiger partial charge in [0.05, 0.1) is 0 Å². The molecule has 0 aromatic rings. The molecule has 0 fully saturated rings. The average Bonchev–Trinajstić information content (AvgIpc) is 2.53. The second-order valence-corrected chi connectivity index (χ2v) is 9.53. The van der Waals surface area contributed by atoms with Gasteiger partial charge < -0.3 is 9.47 Å². The lowest BCUT2D eigenvalue weighted by atomic mass is 9.88. The number of rotatable bonds is 10. The molecule has 0 heterocycles. The molecule has 0 saturated carbocycles. The molecule has 0 aromatic heterocycles. The number of carbonyl (C=O) groups excluding carboxylic acids is 2. The third kappa shape index (κ3) is 10.8. The Morgan fingerprint density at radius 3 is 1.07 bits per heavy atom. The molecule has 0 bridgehead atoms. The molecular weight excluding hydrogens is 360 g/mol. The summed E-state index contributed by atoms with van der Waals surface area (Å²) in [5.41, 5.74) is 0. The monoisotopic (exact) mass is 402 g/mol. The molecule has 0 aliphatic rings. The van der Waals surface area contributed by atoms with Crippen LogP contribution in [0.4, 0.5) is 9.59 Å². The summed E-state index contributed by atoms with van der Waals surface area (Å²) in [7, 11) is 0. The van der Waals surface area contributed by atoms with Crippen molar-refractivity contribution in [3.05, 3.63) is 0 Å². The van der Waals surface area contributed by atoms with Crippen LogP contribution in [0.25, 0.3) is 0 Å². The fraction of sp³-hybridized carbons (Fsp3) is 0.909. The molecule has 166 valence electrons. The molecule has 0 spiro atoms. The van der Waals surface area contributed by atoms with Crippen molar-refractivity contribution < 1.29 is 28.8 Å². The molecular formula is C22H42O6. The Balaban J connectivity index is 4.63. The summed E-state index contributed by atoms with van der Waals surface area (Å²) in [5.74, 6) is 1.56. The van der Waals surface area contributed by atoms with E-state index in [1.165, 1.54) is 0 Å². The minimum atomic E-state index is -1.03. The quantitative estimate of drug-likeness (QED) is 0.232. The number of hydrogen-bond donors (Lipinski definition) is 0. The molecule has 4 atom stereocenters. The van der Waals surface area contributed by atoms with Gasteiger partial charge >= 0.3 is 12.3 Å². The van der Waals surface area contributed by atoms with Crippen molar-refractivity contribution in [3.8, 4) is 0 Å². The second-order valence-electron chi connectivity index (χ2n) is 9.53. The van der Waals surface area contributed by atoms with E-state index in [1.54, 1.807) is 0 Å². The molecule has 0 aliphatic carbocycles. The first-order valence-corrected chi connectivity index (χ1v) is 10.6. The summed E-state index contributed by atoms with van der Waals surface area (Å²) >= 11 is 0. The summed E-state index contributed by atoms with van der Waals surface area (Å²) in [6, 6.07) is 0. The molecule has 6 heteroatoms. The summed E-state index contributed by atoms with van der Waals surface area (Å²) in [5, 5.41) is 0. The lowest BCUT2D eigenvalue weighted by Crippen LogP contribution is -2.33. The van der Waals surface area contributed by atoms with Gasteiger partial charge in [0.2, 0.25) is 0 Å². The van der Waals surface area contributed by atoms with Crippen LogP contribution in [-0.4, -0.2) is 24.5 Å². The molecule has 0 amide bonds. The standard InChI is InChI=1S/C22H42O6/c1-13(2)11-17(9)19(15(5)6)25-21(23)27-28-22(24)26-20(16(7)8)18(10)12-14(3)4/h13-20H,11-12H2,1-10H3. The molecule has 28 heavy (non-hydrogen) atoms. The zero-order valence-corrected chi connectivity index (χ0v) is 19.5. The van der Waals surface area contributed by atoms with Crippen molar-refractivity contribution in [1.29, 1.82) is 0 Å². The van der Waals surface area contributed by atoms with Crippen LogP contribution in [-0.2, 0) is 19.2 Å². The summed E-state index contributed by atoms with van der Waals surface area (Å²) < 4.78 is 10.8. The van der Waals surface area contributed by atoms with E-state index in [4.69, 9.17) is 9.47 Å². The van der Waals surface area contributed by atoms with Gasteiger partial charge in [0, 0.05) is 0 Å². The molecule has 0 radical (unpaired) electrons. The van der Waals surface area contributed by atoms with E-state index < -0.39 is 12.3 Å². The van der Waals surface area contributed by atoms with Crippen LogP contribution in [0, 0.1) is 35.5 Å². The van der Waals surface area contributed by atoms with Gasteiger partial charge in [-0.3, -0.25) is 0 Å². The molecule has 4 unspecified atom stereocenters. The number of carbonyl (C=O) groups is 2.